The van der Waals surface area contributed by atoms with E-state index in [-0.39, 0.29) is 11.7 Å². The molecule has 0 aliphatic carbocycles. The molecule has 2 rings (SSSR count). The van der Waals surface area contributed by atoms with Crippen LogP contribution in [0.1, 0.15) is 29.7 Å². The van der Waals surface area contributed by atoms with Gasteiger partial charge in [0.2, 0.25) is 0 Å². The Morgan fingerprint density at radius 1 is 1.26 bits per heavy atom. The first kappa shape index (κ1) is 14.3. The molecule has 19 heavy (non-hydrogen) atoms. The van der Waals surface area contributed by atoms with E-state index in [2.05, 4.69) is 22.9 Å². The summed E-state index contributed by atoms with van der Waals surface area (Å²) in [7, 11) is 0. The number of rotatable bonds is 5. The summed E-state index contributed by atoms with van der Waals surface area (Å²) in [6, 6.07) is 11.7. The van der Waals surface area contributed by atoms with E-state index >= 15 is 0 Å². The van der Waals surface area contributed by atoms with Crippen molar-refractivity contribution in [1.82, 2.24) is 0 Å². The van der Waals surface area contributed by atoms with Crippen LogP contribution in [0.4, 0.5) is 5.69 Å². The van der Waals surface area contributed by atoms with Gasteiger partial charge in [0, 0.05) is 23.4 Å². The van der Waals surface area contributed by atoms with Gasteiger partial charge in [-0.3, -0.25) is 4.79 Å². The van der Waals surface area contributed by atoms with Crippen molar-refractivity contribution in [3.05, 3.63) is 50.6 Å². The van der Waals surface area contributed by atoms with Gasteiger partial charge in [-0.05, 0) is 51.7 Å². The van der Waals surface area contributed by atoms with Crippen molar-refractivity contribution >= 4 is 38.7 Å². The topological polar surface area (TPSA) is 43.1 Å². The maximum atomic E-state index is 12.0. The first-order valence-electron chi connectivity index (χ1n) is 6.16. The quantitative estimate of drug-likeness (QED) is 0.821. The van der Waals surface area contributed by atoms with Gasteiger partial charge in [-0.15, -0.1) is 11.3 Å². The highest BCUT2D eigenvalue weighted by molar-refractivity contribution is 9.11. The van der Waals surface area contributed by atoms with Crippen LogP contribution in [-0.2, 0) is 11.2 Å². The predicted molar refractivity (Wildman–Crippen MR) is 84.6 cm³/mol. The van der Waals surface area contributed by atoms with Crippen LogP contribution in [0, 0.1) is 0 Å². The van der Waals surface area contributed by atoms with E-state index in [1.54, 1.807) is 11.3 Å². The fourth-order valence-electron chi connectivity index (χ4n) is 2.00. The van der Waals surface area contributed by atoms with Gasteiger partial charge in [0.15, 0.2) is 0 Å². The number of carbonyl (C=O) groups is 1. The molecule has 2 nitrogen and oxygen atoms in total. The average Bonchev–Trinajstić information content (AvgIpc) is 2.75. The Bertz CT molecular complexity index is 562. The molecule has 1 aromatic carbocycles. The van der Waals surface area contributed by atoms with E-state index in [1.807, 2.05) is 36.4 Å². The SMILES string of the molecule is CC(CC(=O)Cc1ccc(Br)s1)c1ccc(N)cc1. The third-order valence-corrected chi connectivity index (χ3v) is 4.66. The molecular weight excluding hydrogens is 322 g/mol. The summed E-state index contributed by atoms with van der Waals surface area (Å²) in [6.07, 6.45) is 1.09. The van der Waals surface area contributed by atoms with E-state index in [4.69, 9.17) is 5.73 Å². The normalized spacial score (nSPS) is 12.3. The molecule has 1 aromatic heterocycles. The molecule has 100 valence electrons. The number of hydrogen-bond donors (Lipinski definition) is 1. The third kappa shape index (κ3) is 4.18. The Morgan fingerprint density at radius 2 is 1.95 bits per heavy atom. The zero-order chi connectivity index (χ0) is 13.8. The molecule has 0 aliphatic rings. The molecule has 0 amide bonds. The fourth-order valence-corrected chi connectivity index (χ4v) is 3.51. The molecule has 0 bridgehead atoms. The van der Waals surface area contributed by atoms with Gasteiger partial charge in [-0.2, -0.15) is 0 Å². The summed E-state index contributed by atoms with van der Waals surface area (Å²) in [6.45, 7) is 2.08. The van der Waals surface area contributed by atoms with Gasteiger partial charge in [0.05, 0.1) is 3.79 Å². The maximum absolute atomic E-state index is 12.0. The van der Waals surface area contributed by atoms with Gasteiger partial charge in [0.25, 0.3) is 0 Å². The molecule has 0 aliphatic heterocycles. The van der Waals surface area contributed by atoms with Gasteiger partial charge >= 0.3 is 0 Å². The van der Waals surface area contributed by atoms with Crippen LogP contribution < -0.4 is 5.73 Å². The molecule has 1 unspecified atom stereocenters. The summed E-state index contributed by atoms with van der Waals surface area (Å²) < 4.78 is 1.07. The second-order valence-electron chi connectivity index (χ2n) is 4.69. The summed E-state index contributed by atoms with van der Waals surface area (Å²) in [5.74, 6) is 0.509. The maximum Gasteiger partial charge on any atom is 0.138 e. The van der Waals surface area contributed by atoms with Gasteiger partial charge in [-0.1, -0.05) is 19.1 Å². The lowest BCUT2D eigenvalue weighted by molar-refractivity contribution is -0.118. The Kier molecular flexibility index (Phi) is 4.77. The zero-order valence-electron chi connectivity index (χ0n) is 10.7. The summed E-state index contributed by atoms with van der Waals surface area (Å²) in [5.41, 5.74) is 7.58. The molecule has 0 spiro atoms. The predicted octanol–water partition coefficient (Wildman–Crippen LogP) is 4.40. The van der Waals surface area contributed by atoms with Crippen molar-refractivity contribution in [3.8, 4) is 0 Å². The number of nitrogens with two attached hydrogens (primary N) is 1. The number of thiophene rings is 1. The van der Waals surface area contributed by atoms with Crippen molar-refractivity contribution in [2.24, 2.45) is 0 Å². The van der Waals surface area contributed by atoms with Crippen LogP contribution in [-0.4, -0.2) is 5.78 Å². The highest BCUT2D eigenvalue weighted by atomic mass is 79.9. The standard InChI is InChI=1S/C15H16BrNOS/c1-10(11-2-4-12(17)5-3-11)8-13(18)9-14-6-7-15(16)19-14/h2-7,10H,8-9,17H2,1H3. The number of ketones is 1. The van der Waals surface area contributed by atoms with Crippen LogP contribution in [0.5, 0.6) is 0 Å². The number of benzene rings is 1. The van der Waals surface area contributed by atoms with E-state index in [0.717, 1.165) is 19.9 Å². The van der Waals surface area contributed by atoms with Gasteiger partial charge < -0.3 is 5.73 Å². The van der Waals surface area contributed by atoms with Crippen molar-refractivity contribution in [3.63, 3.8) is 0 Å². The van der Waals surface area contributed by atoms with Crippen molar-refractivity contribution in [2.75, 3.05) is 5.73 Å². The Morgan fingerprint density at radius 3 is 2.53 bits per heavy atom. The van der Waals surface area contributed by atoms with E-state index in [9.17, 15) is 4.79 Å². The van der Waals surface area contributed by atoms with Crippen LogP contribution in [0.15, 0.2) is 40.2 Å². The Balaban J connectivity index is 1.93. The van der Waals surface area contributed by atoms with Gasteiger partial charge in [-0.25, -0.2) is 0 Å². The average molecular weight is 338 g/mol. The van der Waals surface area contributed by atoms with Crippen molar-refractivity contribution in [2.45, 2.75) is 25.7 Å². The highest BCUT2D eigenvalue weighted by Crippen LogP contribution is 2.25. The van der Waals surface area contributed by atoms with Crippen molar-refractivity contribution in [1.29, 1.82) is 0 Å². The number of anilines is 1. The second kappa shape index (κ2) is 6.35. The minimum absolute atomic E-state index is 0.233. The van der Waals surface area contributed by atoms with E-state index in [0.29, 0.717) is 12.8 Å². The number of carbonyl (C=O) groups excluding carboxylic acids is 1. The highest BCUT2D eigenvalue weighted by Gasteiger charge is 2.12. The molecule has 0 saturated heterocycles. The van der Waals surface area contributed by atoms with Crippen molar-refractivity contribution < 1.29 is 4.79 Å². The minimum atomic E-state index is 0.233. The van der Waals surface area contributed by atoms with E-state index in [1.165, 1.54) is 0 Å². The summed E-state index contributed by atoms with van der Waals surface area (Å²) in [4.78, 5) is 13.2. The number of nitrogen functional groups attached to an aromatic ring is 1. The Labute approximate surface area is 125 Å². The lowest BCUT2D eigenvalue weighted by Crippen LogP contribution is -2.06. The minimum Gasteiger partial charge on any atom is -0.399 e. The van der Waals surface area contributed by atoms with E-state index < -0.39 is 0 Å². The van der Waals surface area contributed by atoms with Gasteiger partial charge in [0.1, 0.15) is 5.78 Å². The van der Waals surface area contributed by atoms with Crippen LogP contribution in [0.3, 0.4) is 0 Å². The first-order chi connectivity index (χ1) is 9.04. The largest absolute Gasteiger partial charge is 0.399 e. The zero-order valence-corrected chi connectivity index (χ0v) is 13.1. The number of Topliss-reactive ketones (excluding diaryl/α,β-unsaturated/α-hetero) is 1. The number of halogens is 1. The molecule has 1 heterocycles. The lowest BCUT2D eigenvalue weighted by atomic mass is 9.94. The van der Waals surface area contributed by atoms with Crippen LogP contribution in [0.2, 0.25) is 0 Å². The third-order valence-electron chi connectivity index (χ3n) is 3.04. The molecule has 0 radical (unpaired) electrons. The fraction of sp³-hybridized carbons (Fsp3) is 0.267. The summed E-state index contributed by atoms with van der Waals surface area (Å²) >= 11 is 5.03. The molecule has 2 N–H and O–H groups in total. The monoisotopic (exact) mass is 337 g/mol. The molecule has 0 fully saturated rings. The molecule has 2 aromatic rings. The Hall–Kier alpha value is -1.13. The molecule has 0 saturated carbocycles. The molecular formula is C15H16BrNOS. The first-order valence-corrected chi connectivity index (χ1v) is 7.77. The molecule has 1 atom stereocenters. The number of hydrogen-bond acceptors (Lipinski definition) is 3. The molecule has 4 heteroatoms. The summed E-state index contributed by atoms with van der Waals surface area (Å²) in [5, 5.41) is 0. The van der Waals surface area contributed by atoms with Crippen LogP contribution >= 0.6 is 27.3 Å². The lowest BCUT2D eigenvalue weighted by Gasteiger charge is -2.11. The second-order valence-corrected chi connectivity index (χ2v) is 7.24. The smallest absolute Gasteiger partial charge is 0.138 e. The van der Waals surface area contributed by atoms with Crippen LogP contribution in [0.25, 0.3) is 0 Å².